The highest BCUT2D eigenvalue weighted by Crippen LogP contribution is 2.15. The zero-order chi connectivity index (χ0) is 20.1. The summed E-state index contributed by atoms with van der Waals surface area (Å²) in [6.45, 7) is 0.611. The summed E-state index contributed by atoms with van der Waals surface area (Å²) in [6, 6.07) is 4.06. The Morgan fingerprint density at radius 2 is 1.85 bits per heavy atom. The minimum absolute atomic E-state index is 0.0354. The van der Waals surface area contributed by atoms with E-state index < -0.39 is 30.2 Å². The molecule has 0 saturated carbocycles. The second kappa shape index (κ2) is 8.70. The number of halogens is 3. The van der Waals surface area contributed by atoms with Crippen molar-refractivity contribution in [2.24, 2.45) is 5.92 Å². The second-order valence-corrected chi connectivity index (χ2v) is 6.42. The highest BCUT2D eigenvalue weighted by atomic mass is 19.3. The van der Waals surface area contributed by atoms with Gasteiger partial charge in [-0.2, -0.15) is 8.78 Å². The maximum absolute atomic E-state index is 13.0. The summed E-state index contributed by atoms with van der Waals surface area (Å²) in [5.74, 6) is -1.65. The molecule has 0 aliphatic rings. The molecule has 0 aliphatic heterocycles. The average molecular weight is 382 g/mol. The molecule has 146 valence electrons. The lowest BCUT2D eigenvalue weighted by Crippen LogP contribution is -2.50. The van der Waals surface area contributed by atoms with Crippen molar-refractivity contribution in [3.05, 3.63) is 53.9 Å². The van der Waals surface area contributed by atoms with E-state index in [1.165, 1.54) is 30.3 Å². The molecule has 6 nitrogen and oxygen atoms in total. The van der Waals surface area contributed by atoms with Gasteiger partial charge in [0.15, 0.2) is 0 Å². The van der Waals surface area contributed by atoms with E-state index in [4.69, 9.17) is 0 Å². The van der Waals surface area contributed by atoms with Crippen LogP contribution in [0.15, 0.2) is 36.7 Å². The van der Waals surface area contributed by atoms with Gasteiger partial charge in [0, 0.05) is 25.0 Å². The molecule has 27 heavy (non-hydrogen) atoms. The van der Waals surface area contributed by atoms with Crippen LogP contribution in [0.2, 0.25) is 0 Å². The minimum Gasteiger partial charge on any atom is -0.340 e. The third kappa shape index (κ3) is 5.08. The van der Waals surface area contributed by atoms with Gasteiger partial charge in [-0.15, -0.1) is 0 Å². The van der Waals surface area contributed by atoms with Crippen LogP contribution in [0.4, 0.5) is 13.2 Å². The van der Waals surface area contributed by atoms with Crippen LogP contribution in [0.3, 0.4) is 0 Å². The average Bonchev–Trinajstić information content (AvgIpc) is 3.07. The lowest BCUT2D eigenvalue weighted by molar-refractivity contribution is -0.133. The summed E-state index contributed by atoms with van der Waals surface area (Å²) >= 11 is 0. The second-order valence-electron chi connectivity index (χ2n) is 6.42. The van der Waals surface area contributed by atoms with Crippen molar-refractivity contribution >= 4 is 11.8 Å². The van der Waals surface area contributed by atoms with E-state index >= 15 is 0 Å². The van der Waals surface area contributed by atoms with E-state index in [2.05, 4.69) is 10.3 Å². The maximum atomic E-state index is 13.0. The van der Waals surface area contributed by atoms with Gasteiger partial charge in [0.2, 0.25) is 5.91 Å². The topological polar surface area (TPSA) is 67.2 Å². The van der Waals surface area contributed by atoms with Gasteiger partial charge in [-0.25, -0.2) is 9.37 Å². The lowest BCUT2D eigenvalue weighted by atomic mass is 10.0. The number of nitrogens with one attached hydrogen (secondary N) is 1. The van der Waals surface area contributed by atoms with Crippen molar-refractivity contribution in [3.8, 4) is 0 Å². The molecule has 0 saturated heterocycles. The van der Waals surface area contributed by atoms with Gasteiger partial charge in [0.05, 0.1) is 6.54 Å². The fourth-order valence-electron chi connectivity index (χ4n) is 2.51. The number of aromatic nitrogens is 2. The van der Waals surface area contributed by atoms with Crippen LogP contribution in [0.1, 0.15) is 36.6 Å². The maximum Gasteiger partial charge on any atom is 0.319 e. The molecule has 0 fully saturated rings. The van der Waals surface area contributed by atoms with E-state index in [1.54, 1.807) is 13.8 Å². The molecule has 2 amide bonds. The van der Waals surface area contributed by atoms with Gasteiger partial charge < -0.3 is 10.2 Å². The largest absolute Gasteiger partial charge is 0.340 e. The number of carbonyl (C=O) groups excluding carboxylic acids is 2. The van der Waals surface area contributed by atoms with Crippen molar-refractivity contribution in [1.82, 2.24) is 19.8 Å². The standard InChI is InChI=1S/C18H21F3N4O2/c1-11(2)15(23-16(26)12-4-6-13(19)7-5-12)17(27)24(3)10-14-22-8-9-25(14)18(20)21/h4-9,11,15,18H,10H2,1-3H3,(H,23,26). The number of amides is 2. The SMILES string of the molecule is CC(C)C(NC(=O)c1ccc(F)cc1)C(=O)N(C)Cc1nccn1C(F)F. The highest BCUT2D eigenvalue weighted by Gasteiger charge is 2.28. The van der Waals surface area contributed by atoms with Gasteiger partial charge in [0.1, 0.15) is 17.7 Å². The quantitative estimate of drug-likeness (QED) is 0.801. The Bertz CT molecular complexity index is 790. The van der Waals surface area contributed by atoms with Gasteiger partial charge in [-0.3, -0.25) is 14.2 Å². The first-order valence-corrected chi connectivity index (χ1v) is 8.32. The van der Waals surface area contributed by atoms with Crippen LogP contribution < -0.4 is 5.32 Å². The number of benzene rings is 1. The van der Waals surface area contributed by atoms with Crippen LogP contribution in [0.25, 0.3) is 0 Å². The van der Waals surface area contributed by atoms with Gasteiger partial charge in [-0.1, -0.05) is 13.8 Å². The van der Waals surface area contributed by atoms with Crippen LogP contribution in [0, 0.1) is 11.7 Å². The number of alkyl halides is 2. The smallest absolute Gasteiger partial charge is 0.319 e. The molecule has 0 aliphatic carbocycles. The Balaban J connectivity index is 2.10. The van der Waals surface area contributed by atoms with Crippen molar-refractivity contribution in [2.45, 2.75) is 33.0 Å². The molecule has 2 aromatic rings. The molecule has 0 radical (unpaired) electrons. The Morgan fingerprint density at radius 1 is 1.22 bits per heavy atom. The number of nitrogens with zero attached hydrogens (tertiary/aromatic N) is 3. The Labute approximate surface area is 155 Å². The van der Waals surface area contributed by atoms with E-state index in [-0.39, 0.29) is 23.9 Å². The van der Waals surface area contributed by atoms with E-state index in [1.807, 2.05) is 0 Å². The molecule has 1 unspecified atom stereocenters. The Kier molecular flexibility index (Phi) is 6.59. The molecular weight excluding hydrogens is 361 g/mol. The summed E-state index contributed by atoms with van der Waals surface area (Å²) < 4.78 is 39.5. The normalized spacial score (nSPS) is 12.3. The Morgan fingerprint density at radius 3 is 2.41 bits per heavy atom. The number of likely N-dealkylation sites (N-methyl/N-ethyl adjacent to an activating group) is 1. The van der Waals surface area contributed by atoms with Crippen molar-refractivity contribution in [3.63, 3.8) is 0 Å². The van der Waals surface area contributed by atoms with E-state index in [0.717, 1.165) is 18.3 Å². The predicted molar refractivity (Wildman–Crippen MR) is 92.4 cm³/mol. The van der Waals surface area contributed by atoms with Crippen LogP contribution in [0.5, 0.6) is 0 Å². The third-order valence-corrected chi connectivity index (χ3v) is 4.04. The molecule has 1 aromatic heterocycles. The number of rotatable bonds is 7. The molecule has 1 heterocycles. The minimum atomic E-state index is -2.76. The summed E-state index contributed by atoms with van der Waals surface area (Å²) in [7, 11) is 1.45. The summed E-state index contributed by atoms with van der Waals surface area (Å²) in [5, 5.41) is 2.62. The molecule has 1 aromatic carbocycles. The first kappa shape index (κ1) is 20.5. The monoisotopic (exact) mass is 382 g/mol. The van der Waals surface area contributed by atoms with Crippen LogP contribution >= 0.6 is 0 Å². The molecule has 0 spiro atoms. The van der Waals surface area contributed by atoms with Crippen molar-refractivity contribution in [2.75, 3.05) is 7.05 Å². The van der Waals surface area contributed by atoms with Crippen LogP contribution in [-0.4, -0.2) is 39.4 Å². The third-order valence-electron chi connectivity index (χ3n) is 4.04. The zero-order valence-corrected chi connectivity index (χ0v) is 15.2. The number of hydrogen-bond acceptors (Lipinski definition) is 3. The fourth-order valence-corrected chi connectivity index (χ4v) is 2.51. The van der Waals surface area contributed by atoms with E-state index in [0.29, 0.717) is 4.57 Å². The Hall–Kier alpha value is -2.84. The summed E-state index contributed by atoms with van der Waals surface area (Å²) in [4.78, 5) is 30.2. The number of imidazole rings is 1. The molecule has 1 atom stereocenters. The molecule has 0 bridgehead atoms. The number of hydrogen-bond donors (Lipinski definition) is 1. The van der Waals surface area contributed by atoms with Crippen molar-refractivity contribution in [1.29, 1.82) is 0 Å². The predicted octanol–water partition coefficient (Wildman–Crippen LogP) is 2.83. The fraction of sp³-hybridized carbons (Fsp3) is 0.389. The van der Waals surface area contributed by atoms with Crippen molar-refractivity contribution < 1.29 is 22.8 Å². The lowest BCUT2D eigenvalue weighted by Gasteiger charge is -2.27. The molecule has 9 heteroatoms. The van der Waals surface area contributed by atoms with E-state index in [9.17, 15) is 22.8 Å². The summed E-state index contributed by atoms with van der Waals surface area (Å²) in [6.07, 6.45) is 2.37. The first-order chi connectivity index (χ1) is 12.7. The highest BCUT2D eigenvalue weighted by molar-refractivity contribution is 5.97. The van der Waals surface area contributed by atoms with Gasteiger partial charge in [0.25, 0.3) is 5.91 Å². The number of carbonyl (C=O) groups is 2. The zero-order valence-electron chi connectivity index (χ0n) is 15.2. The molecule has 1 N–H and O–H groups in total. The van der Waals surface area contributed by atoms with Crippen LogP contribution in [-0.2, 0) is 11.3 Å². The molecule has 2 rings (SSSR count). The van der Waals surface area contributed by atoms with Gasteiger partial charge in [-0.05, 0) is 30.2 Å². The summed E-state index contributed by atoms with van der Waals surface area (Å²) in [5.41, 5.74) is 0.214. The molecular formula is C18H21F3N4O2. The first-order valence-electron chi connectivity index (χ1n) is 8.32. The van der Waals surface area contributed by atoms with Gasteiger partial charge >= 0.3 is 6.55 Å².